The first kappa shape index (κ1) is 10.0. The molecule has 1 aromatic carbocycles. The Morgan fingerprint density at radius 1 is 1.41 bits per heavy atom. The number of benzene rings is 1. The first-order valence-corrected chi connectivity index (χ1v) is 5.41. The van der Waals surface area contributed by atoms with Crippen molar-refractivity contribution in [1.29, 1.82) is 0 Å². The maximum Gasteiger partial charge on any atom is 0.280 e. The lowest BCUT2D eigenvalue weighted by atomic mass is 10.2. The number of aromatic amines is 1. The number of rotatable bonds is 1. The average molecular weight is 228 g/mol. The van der Waals surface area contributed by atoms with Crippen LogP contribution in [0.25, 0.3) is 16.6 Å². The lowest BCUT2D eigenvalue weighted by Gasteiger charge is -1.99. The number of aromatic nitrogens is 3. The van der Waals surface area contributed by atoms with Crippen LogP contribution in [-0.2, 0) is 6.54 Å². The molecule has 0 bridgehead atoms. The second kappa shape index (κ2) is 3.43. The van der Waals surface area contributed by atoms with Crippen molar-refractivity contribution in [3.8, 4) is 0 Å². The molecule has 0 aliphatic carbocycles. The molecule has 5 nitrogen and oxygen atoms in total. The maximum atomic E-state index is 12.2. The molecule has 17 heavy (non-hydrogen) atoms. The van der Waals surface area contributed by atoms with Gasteiger partial charge in [0.1, 0.15) is 0 Å². The molecular formula is C12H12N4O. The highest BCUT2D eigenvalue weighted by Crippen LogP contribution is 2.14. The molecule has 0 fully saturated rings. The Morgan fingerprint density at radius 2 is 2.18 bits per heavy atom. The summed E-state index contributed by atoms with van der Waals surface area (Å²) in [6.45, 7) is 2.25. The quantitative estimate of drug-likeness (QED) is 0.651. The second-order valence-corrected chi connectivity index (χ2v) is 4.01. The zero-order chi connectivity index (χ0) is 12.0. The van der Waals surface area contributed by atoms with Gasteiger partial charge in [-0.05, 0) is 19.1 Å². The van der Waals surface area contributed by atoms with Gasteiger partial charge >= 0.3 is 0 Å². The molecule has 2 aromatic heterocycles. The van der Waals surface area contributed by atoms with Crippen molar-refractivity contribution in [3.63, 3.8) is 0 Å². The van der Waals surface area contributed by atoms with Crippen LogP contribution >= 0.6 is 0 Å². The molecule has 5 heteroatoms. The fourth-order valence-electron chi connectivity index (χ4n) is 2.09. The van der Waals surface area contributed by atoms with E-state index < -0.39 is 0 Å². The minimum absolute atomic E-state index is 0.0894. The molecule has 86 valence electrons. The summed E-state index contributed by atoms with van der Waals surface area (Å²) in [5, 5.41) is 3.61. The molecule has 0 aliphatic rings. The van der Waals surface area contributed by atoms with E-state index in [4.69, 9.17) is 5.73 Å². The zero-order valence-electron chi connectivity index (χ0n) is 9.40. The normalized spacial score (nSPS) is 11.4. The van der Waals surface area contributed by atoms with E-state index >= 15 is 0 Å². The smallest absolute Gasteiger partial charge is 0.280 e. The van der Waals surface area contributed by atoms with E-state index in [1.807, 2.05) is 25.1 Å². The van der Waals surface area contributed by atoms with Crippen LogP contribution in [0.1, 0.15) is 11.3 Å². The van der Waals surface area contributed by atoms with Crippen molar-refractivity contribution in [2.24, 2.45) is 5.73 Å². The van der Waals surface area contributed by atoms with Crippen LogP contribution in [0.2, 0.25) is 0 Å². The number of nitrogens with zero attached hydrogens (tertiary/aromatic N) is 2. The van der Waals surface area contributed by atoms with Gasteiger partial charge in [0.15, 0.2) is 5.65 Å². The molecule has 0 amide bonds. The third kappa shape index (κ3) is 1.29. The number of fused-ring (bicyclic) bond motifs is 2. The van der Waals surface area contributed by atoms with Crippen molar-refractivity contribution >= 4 is 16.6 Å². The number of hydrogen-bond acceptors (Lipinski definition) is 3. The zero-order valence-corrected chi connectivity index (χ0v) is 9.40. The highest BCUT2D eigenvalue weighted by Gasteiger charge is 2.12. The van der Waals surface area contributed by atoms with E-state index in [0.29, 0.717) is 23.1 Å². The molecular weight excluding hydrogens is 216 g/mol. The SMILES string of the molecule is Cc1[nH]n2c(=O)c3ccccc3nc2c1CN. The summed E-state index contributed by atoms with van der Waals surface area (Å²) in [6.07, 6.45) is 0. The number of nitrogens with one attached hydrogen (secondary N) is 1. The van der Waals surface area contributed by atoms with E-state index in [-0.39, 0.29) is 5.56 Å². The molecule has 3 aromatic rings. The Bertz CT molecular complexity index is 769. The van der Waals surface area contributed by atoms with Crippen LogP contribution in [0.15, 0.2) is 29.1 Å². The van der Waals surface area contributed by atoms with Crippen LogP contribution in [-0.4, -0.2) is 14.6 Å². The van der Waals surface area contributed by atoms with Crippen LogP contribution in [0, 0.1) is 6.92 Å². The van der Waals surface area contributed by atoms with Crippen LogP contribution in [0.5, 0.6) is 0 Å². The van der Waals surface area contributed by atoms with Gasteiger partial charge in [0.2, 0.25) is 0 Å². The van der Waals surface area contributed by atoms with E-state index in [0.717, 1.165) is 11.3 Å². The summed E-state index contributed by atoms with van der Waals surface area (Å²) >= 11 is 0. The van der Waals surface area contributed by atoms with Gasteiger partial charge in [0, 0.05) is 17.8 Å². The number of H-pyrrole nitrogens is 1. The van der Waals surface area contributed by atoms with Gasteiger partial charge in [0.05, 0.1) is 10.9 Å². The van der Waals surface area contributed by atoms with Gasteiger partial charge < -0.3 is 5.73 Å². The lowest BCUT2D eigenvalue weighted by Crippen LogP contribution is -2.15. The summed E-state index contributed by atoms with van der Waals surface area (Å²) in [5.41, 5.74) is 8.67. The van der Waals surface area contributed by atoms with E-state index in [1.54, 1.807) is 6.07 Å². The molecule has 0 radical (unpaired) electrons. The first-order chi connectivity index (χ1) is 8.22. The fraction of sp³-hybridized carbons (Fsp3) is 0.167. The van der Waals surface area contributed by atoms with Crippen molar-refractivity contribution < 1.29 is 0 Å². The highest BCUT2D eigenvalue weighted by atomic mass is 16.1. The summed E-state index contributed by atoms with van der Waals surface area (Å²) in [6, 6.07) is 7.30. The summed E-state index contributed by atoms with van der Waals surface area (Å²) < 4.78 is 1.46. The molecule has 3 rings (SSSR count). The summed E-state index contributed by atoms with van der Waals surface area (Å²) in [7, 11) is 0. The van der Waals surface area contributed by atoms with Gasteiger partial charge in [-0.2, -0.15) is 0 Å². The molecule has 0 spiro atoms. The van der Waals surface area contributed by atoms with Crippen LogP contribution in [0.4, 0.5) is 0 Å². The molecule has 0 atom stereocenters. The lowest BCUT2D eigenvalue weighted by molar-refractivity contribution is 0.894. The number of aryl methyl sites for hydroxylation is 1. The van der Waals surface area contributed by atoms with Gasteiger partial charge in [-0.1, -0.05) is 12.1 Å². The van der Waals surface area contributed by atoms with Crippen LogP contribution in [0.3, 0.4) is 0 Å². The van der Waals surface area contributed by atoms with Crippen molar-refractivity contribution in [3.05, 3.63) is 45.9 Å². The largest absolute Gasteiger partial charge is 0.326 e. The monoisotopic (exact) mass is 228 g/mol. The molecule has 0 unspecified atom stereocenters. The minimum Gasteiger partial charge on any atom is -0.326 e. The second-order valence-electron chi connectivity index (χ2n) is 4.01. The predicted octanol–water partition coefficient (Wildman–Crippen LogP) is 0.943. The summed E-state index contributed by atoms with van der Waals surface area (Å²) in [5.74, 6) is 0. The maximum absolute atomic E-state index is 12.2. The number of nitrogens with two attached hydrogens (primary N) is 1. The Labute approximate surface area is 96.9 Å². The molecule has 0 aliphatic heterocycles. The van der Waals surface area contributed by atoms with E-state index in [1.165, 1.54) is 4.52 Å². The minimum atomic E-state index is -0.0894. The van der Waals surface area contributed by atoms with Crippen molar-refractivity contribution in [2.75, 3.05) is 0 Å². The highest BCUT2D eigenvalue weighted by molar-refractivity contribution is 5.79. The van der Waals surface area contributed by atoms with Gasteiger partial charge in [-0.25, -0.2) is 9.50 Å². The Morgan fingerprint density at radius 3 is 2.94 bits per heavy atom. The standard InChI is InChI=1S/C12H12N4O/c1-7-9(6-13)11-14-10-5-3-2-4-8(10)12(17)16(11)15-7/h2-5,15H,6,13H2,1H3. The van der Waals surface area contributed by atoms with Gasteiger partial charge in [0.25, 0.3) is 5.56 Å². The topological polar surface area (TPSA) is 76.2 Å². The summed E-state index contributed by atoms with van der Waals surface area (Å²) in [4.78, 5) is 16.7. The van der Waals surface area contributed by atoms with E-state index in [9.17, 15) is 4.79 Å². The van der Waals surface area contributed by atoms with Gasteiger partial charge in [-0.15, -0.1) is 0 Å². The van der Waals surface area contributed by atoms with Gasteiger partial charge in [-0.3, -0.25) is 9.89 Å². The predicted molar refractivity (Wildman–Crippen MR) is 65.9 cm³/mol. The first-order valence-electron chi connectivity index (χ1n) is 5.41. The Balaban J connectivity index is 2.59. The molecule has 2 heterocycles. The van der Waals surface area contributed by atoms with Crippen molar-refractivity contribution in [2.45, 2.75) is 13.5 Å². The molecule has 3 N–H and O–H groups in total. The Hall–Kier alpha value is -2.14. The number of para-hydroxylation sites is 1. The van der Waals surface area contributed by atoms with E-state index in [2.05, 4.69) is 10.1 Å². The third-order valence-electron chi connectivity index (χ3n) is 2.98. The molecule has 0 saturated heterocycles. The third-order valence-corrected chi connectivity index (χ3v) is 2.98. The van der Waals surface area contributed by atoms with Crippen molar-refractivity contribution in [1.82, 2.24) is 14.6 Å². The average Bonchev–Trinajstić information content (AvgIpc) is 2.66. The molecule has 0 saturated carbocycles. The fourth-order valence-corrected chi connectivity index (χ4v) is 2.09. The Kier molecular flexibility index (Phi) is 2.02. The number of hydrogen-bond donors (Lipinski definition) is 2. The van der Waals surface area contributed by atoms with Crippen LogP contribution < -0.4 is 11.3 Å².